The van der Waals surface area contributed by atoms with Crippen LogP contribution in [0, 0.1) is 5.92 Å². The second-order valence-electron chi connectivity index (χ2n) is 8.75. The highest BCUT2D eigenvalue weighted by atomic mass is 32.2. The normalized spacial score (nSPS) is 19.8. The Kier molecular flexibility index (Phi) is 8.58. The summed E-state index contributed by atoms with van der Waals surface area (Å²) in [5.41, 5.74) is 0. The van der Waals surface area contributed by atoms with Crippen molar-refractivity contribution in [2.45, 2.75) is 51.2 Å². The van der Waals surface area contributed by atoms with Crippen LogP contribution in [-0.2, 0) is 24.3 Å². The van der Waals surface area contributed by atoms with E-state index in [-0.39, 0.29) is 30.7 Å². The minimum atomic E-state index is -4.12. The van der Waals surface area contributed by atoms with Crippen molar-refractivity contribution in [3.05, 3.63) is 17.9 Å². The van der Waals surface area contributed by atoms with Gasteiger partial charge < -0.3 is 23.7 Å². The predicted octanol–water partition coefficient (Wildman–Crippen LogP) is 1.94. The number of carbonyl (C=O) groups excluding carboxylic acids is 3. The van der Waals surface area contributed by atoms with Gasteiger partial charge in [-0.25, -0.2) is 18.0 Å². The zero-order valence-electron chi connectivity index (χ0n) is 19.9. The molecule has 3 rings (SSSR count). The molecule has 0 aromatic carbocycles. The van der Waals surface area contributed by atoms with Gasteiger partial charge in [0.05, 0.1) is 13.2 Å². The molecular weight excluding hydrogens is 466 g/mol. The van der Waals surface area contributed by atoms with Crippen molar-refractivity contribution in [2.75, 3.05) is 45.9 Å². The average molecular weight is 500 g/mol. The van der Waals surface area contributed by atoms with Crippen LogP contribution in [0.25, 0.3) is 0 Å². The molecular formula is C22H33N3O8S. The van der Waals surface area contributed by atoms with Crippen LogP contribution in [0.1, 0.15) is 50.6 Å². The minimum Gasteiger partial charge on any atom is -0.460 e. The monoisotopic (exact) mass is 499 g/mol. The van der Waals surface area contributed by atoms with Crippen LogP contribution < -0.4 is 0 Å². The molecule has 0 radical (unpaired) electrons. The fraction of sp³-hybridized carbons (Fsp3) is 0.682. The highest BCUT2D eigenvalue weighted by molar-refractivity contribution is 7.89. The van der Waals surface area contributed by atoms with Gasteiger partial charge in [0, 0.05) is 32.7 Å². The number of carbonyl (C=O) groups is 3. The van der Waals surface area contributed by atoms with Gasteiger partial charge in [-0.05, 0) is 44.2 Å². The first-order valence-electron chi connectivity index (χ1n) is 11.6. The lowest BCUT2D eigenvalue weighted by atomic mass is 10.2. The summed E-state index contributed by atoms with van der Waals surface area (Å²) in [7, 11) is -4.12. The van der Waals surface area contributed by atoms with Crippen molar-refractivity contribution in [1.29, 1.82) is 0 Å². The molecule has 2 amide bonds. The molecule has 2 saturated heterocycles. The molecule has 1 aromatic heterocycles. The van der Waals surface area contributed by atoms with Crippen LogP contribution in [0.2, 0.25) is 0 Å². The number of rotatable bonds is 7. The molecule has 34 heavy (non-hydrogen) atoms. The Bertz CT molecular complexity index is 990. The quantitative estimate of drug-likeness (QED) is 0.521. The highest BCUT2D eigenvalue weighted by Crippen LogP contribution is 2.29. The van der Waals surface area contributed by atoms with Crippen molar-refractivity contribution in [2.24, 2.45) is 5.92 Å². The predicted molar refractivity (Wildman–Crippen MR) is 121 cm³/mol. The van der Waals surface area contributed by atoms with Gasteiger partial charge >= 0.3 is 12.1 Å². The third kappa shape index (κ3) is 5.90. The number of ether oxygens (including phenoxy) is 2. The summed E-state index contributed by atoms with van der Waals surface area (Å²) in [6.07, 6.45) is 1.09. The third-order valence-electron chi connectivity index (χ3n) is 5.72. The van der Waals surface area contributed by atoms with Crippen LogP contribution in [0.4, 0.5) is 4.79 Å². The molecule has 0 aliphatic carbocycles. The van der Waals surface area contributed by atoms with Crippen LogP contribution in [0.5, 0.6) is 0 Å². The molecule has 0 saturated carbocycles. The van der Waals surface area contributed by atoms with E-state index < -0.39 is 33.2 Å². The first-order valence-corrected chi connectivity index (χ1v) is 13.1. The molecule has 2 aliphatic rings. The lowest BCUT2D eigenvalue weighted by Gasteiger charge is -2.28. The Labute approximate surface area is 200 Å². The van der Waals surface area contributed by atoms with E-state index in [9.17, 15) is 22.8 Å². The van der Waals surface area contributed by atoms with Crippen molar-refractivity contribution in [3.8, 4) is 0 Å². The van der Waals surface area contributed by atoms with Crippen LogP contribution in [-0.4, -0.2) is 92.5 Å². The number of amides is 2. The zero-order chi connectivity index (χ0) is 24.9. The standard InChI is InChI=1S/C22H33N3O8S/c1-4-31-21(27)18-8-9-19(33-18)34(29,30)25-12-5-7-17(25)20(26)23-10-6-11-24(14-13-23)22(28)32-15-16(2)3/h8-9,16-17H,4-7,10-15H2,1-3H3. The molecule has 2 fully saturated rings. The molecule has 1 unspecified atom stereocenters. The minimum absolute atomic E-state index is 0.132. The first kappa shape index (κ1) is 26.0. The van der Waals surface area contributed by atoms with Gasteiger partial charge in [-0.15, -0.1) is 0 Å². The van der Waals surface area contributed by atoms with E-state index in [1.54, 1.807) is 16.7 Å². The summed E-state index contributed by atoms with van der Waals surface area (Å²) in [5.74, 6) is -1.03. The number of furan rings is 1. The Hall–Kier alpha value is -2.60. The Balaban J connectivity index is 1.67. The van der Waals surface area contributed by atoms with E-state index in [0.29, 0.717) is 52.0 Å². The zero-order valence-corrected chi connectivity index (χ0v) is 20.7. The number of hydrogen-bond acceptors (Lipinski definition) is 8. The van der Waals surface area contributed by atoms with E-state index >= 15 is 0 Å². The van der Waals surface area contributed by atoms with E-state index in [4.69, 9.17) is 13.9 Å². The first-order chi connectivity index (χ1) is 16.1. The molecule has 2 aliphatic heterocycles. The Morgan fingerprint density at radius 2 is 1.74 bits per heavy atom. The SMILES string of the molecule is CCOC(=O)c1ccc(S(=O)(=O)N2CCCC2C(=O)N2CCCN(C(=O)OCC(C)C)CC2)o1. The number of esters is 1. The maximum absolute atomic E-state index is 13.3. The van der Waals surface area contributed by atoms with Gasteiger partial charge in [-0.3, -0.25) is 4.79 Å². The summed E-state index contributed by atoms with van der Waals surface area (Å²) >= 11 is 0. The van der Waals surface area contributed by atoms with Gasteiger partial charge in [0.25, 0.3) is 10.0 Å². The molecule has 1 atom stereocenters. The van der Waals surface area contributed by atoms with Crippen molar-refractivity contribution in [1.82, 2.24) is 14.1 Å². The second-order valence-corrected chi connectivity index (χ2v) is 10.6. The number of nitrogens with zero attached hydrogens (tertiary/aromatic N) is 3. The van der Waals surface area contributed by atoms with E-state index in [1.807, 2.05) is 13.8 Å². The molecule has 190 valence electrons. The molecule has 3 heterocycles. The molecule has 11 nitrogen and oxygen atoms in total. The van der Waals surface area contributed by atoms with Crippen molar-refractivity contribution in [3.63, 3.8) is 0 Å². The molecule has 1 aromatic rings. The fourth-order valence-electron chi connectivity index (χ4n) is 4.02. The lowest BCUT2D eigenvalue weighted by molar-refractivity contribution is -0.134. The van der Waals surface area contributed by atoms with E-state index in [1.165, 1.54) is 12.1 Å². The smallest absolute Gasteiger partial charge is 0.409 e. The average Bonchev–Trinajstić information content (AvgIpc) is 3.43. The van der Waals surface area contributed by atoms with Gasteiger partial charge in [-0.2, -0.15) is 4.31 Å². The highest BCUT2D eigenvalue weighted by Gasteiger charge is 2.43. The largest absolute Gasteiger partial charge is 0.460 e. The molecule has 0 N–H and O–H groups in total. The number of sulfonamides is 1. The molecule has 0 bridgehead atoms. The van der Waals surface area contributed by atoms with E-state index in [0.717, 1.165) is 4.31 Å². The molecule has 0 spiro atoms. The van der Waals surface area contributed by atoms with Gasteiger partial charge in [0.2, 0.25) is 16.8 Å². The maximum Gasteiger partial charge on any atom is 0.409 e. The van der Waals surface area contributed by atoms with Crippen LogP contribution in [0.3, 0.4) is 0 Å². The van der Waals surface area contributed by atoms with Crippen molar-refractivity contribution >= 4 is 28.0 Å². The van der Waals surface area contributed by atoms with E-state index in [2.05, 4.69) is 0 Å². The summed E-state index contributed by atoms with van der Waals surface area (Å²) in [4.78, 5) is 40.6. The summed E-state index contributed by atoms with van der Waals surface area (Å²) in [6, 6.07) is 1.59. The fourth-order valence-corrected chi connectivity index (χ4v) is 5.59. The summed E-state index contributed by atoms with van der Waals surface area (Å²) < 4.78 is 42.9. The lowest BCUT2D eigenvalue weighted by Crippen LogP contribution is -2.48. The Morgan fingerprint density at radius 1 is 1.03 bits per heavy atom. The number of hydrogen-bond donors (Lipinski definition) is 0. The Morgan fingerprint density at radius 3 is 2.44 bits per heavy atom. The van der Waals surface area contributed by atoms with Crippen molar-refractivity contribution < 1.29 is 36.7 Å². The second kappa shape index (κ2) is 11.2. The van der Waals surface area contributed by atoms with Gasteiger partial charge in [0.15, 0.2) is 0 Å². The van der Waals surface area contributed by atoms with Gasteiger partial charge in [-0.1, -0.05) is 13.8 Å². The van der Waals surface area contributed by atoms with Crippen LogP contribution >= 0.6 is 0 Å². The summed E-state index contributed by atoms with van der Waals surface area (Å²) in [5, 5.41) is -0.398. The summed E-state index contributed by atoms with van der Waals surface area (Å²) in [6.45, 7) is 7.70. The third-order valence-corrected chi connectivity index (χ3v) is 7.50. The van der Waals surface area contributed by atoms with Gasteiger partial charge in [0.1, 0.15) is 6.04 Å². The topological polar surface area (TPSA) is 127 Å². The van der Waals surface area contributed by atoms with Crippen LogP contribution in [0.15, 0.2) is 21.6 Å². The molecule has 12 heteroatoms. The maximum atomic E-state index is 13.3.